The van der Waals surface area contributed by atoms with E-state index in [0.717, 1.165) is 55.6 Å². The first-order chi connectivity index (χ1) is 42.5. The highest BCUT2D eigenvalue weighted by molar-refractivity contribution is 6.32. The molecule has 3 saturated carbocycles. The first-order valence-corrected chi connectivity index (χ1v) is 33.0. The molecule has 0 bridgehead atoms. The summed E-state index contributed by atoms with van der Waals surface area (Å²) in [6, 6.07) is 62.6. The van der Waals surface area contributed by atoms with Gasteiger partial charge in [0.15, 0.2) is 0 Å². The van der Waals surface area contributed by atoms with Crippen molar-refractivity contribution in [3.8, 4) is 44.5 Å². The maximum Gasteiger partial charge on any atom is 0.0517 e. The molecule has 17 rings (SSSR count). The number of fused-ring (bicyclic) bond motifs is 9. The van der Waals surface area contributed by atoms with E-state index in [1.165, 1.54) is 166 Å². The molecule has 6 aliphatic rings. The van der Waals surface area contributed by atoms with Crippen LogP contribution in [-0.2, 0) is 16.2 Å². The van der Waals surface area contributed by atoms with Crippen LogP contribution in [0, 0.1) is 20.8 Å². The van der Waals surface area contributed by atoms with E-state index in [9.17, 15) is 0 Å². The summed E-state index contributed by atoms with van der Waals surface area (Å²) >= 11 is 0. The fraction of sp³-hybridized carbons (Fsp3) is 0.329. The topological polar surface area (TPSA) is 48.4 Å². The van der Waals surface area contributed by atoms with E-state index < -0.39 is 0 Å². The first-order valence-electron chi connectivity index (χ1n) is 33.0. The molecule has 3 aliphatic carbocycles. The lowest BCUT2D eigenvalue weighted by Gasteiger charge is -2.50. The van der Waals surface area contributed by atoms with Gasteiger partial charge in [0.2, 0.25) is 0 Å². The van der Waals surface area contributed by atoms with Gasteiger partial charge in [0.05, 0.1) is 16.6 Å². The van der Waals surface area contributed by atoms with Gasteiger partial charge in [-0.1, -0.05) is 132 Å². The van der Waals surface area contributed by atoms with Gasteiger partial charge in [-0.15, -0.1) is 0 Å². The molecule has 0 N–H and O–H groups in total. The second-order valence-corrected chi connectivity index (χ2v) is 29.0. The standard InChI is InChI=1S/C82H80N6/c1-51-43-58(31-40-83-51)86-72-28-21-55(46-69(72)77(4)34-13-16-37-80(77,86)7)66-49-65(54-19-11-10-12-20-54)61-24-25-63-67(56-22-29-73-70(47-56)78(5)35-14-17-38-81(78,8)87(73)59-32-41-84-52(2)44-59)50-68(64-27-26-62(66)75(61)76(63)64)57-23-30-74-71(48-57)79(6)36-15-18-39-82(79,9)88(74)60-33-42-85-53(3)45-60/h10-12,19-33,40-50H,13-18,34-39H2,1-9H3. The summed E-state index contributed by atoms with van der Waals surface area (Å²) < 4.78 is 0. The average molecular weight is 1150 g/mol. The van der Waals surface area contributed by atoms with Crippen LogP contribution in [0.4, 0.5) is 34.1 Å². The SMILES string of the molecule is Cc1cc(N2c3ccc(-c4cc(-c5ccccc5)c5ccc6c(-c7ccc8c(c7)C7(C)CCCCC7(C)N8c7ccnc(C)c7)cc(-c7ccc8c(c7)C7(C)CCCCC7(C)N8c7ccnc(C)c7)c7ccc4c5c67)cc3C3(C)CCCCC23C)ccn1. The molecule has 6 unspecified atom stereocenters. The number of aromatic nitrogens is 3. The number of aryl methyl sites for hydroxylation is 3. The Labute approximate surface area is 520 Å². The van der Waals surface area contributed by atoms with Crippen molar-refractivity contribution in [2.45, 2.75) is 172 Å². The molecule has 3 aromatic heterocycles. The summed E-state index contributed by atoms with van der Waals surface area (Å²) in [6.45, 7) is 21.8. The van der Waals surface area contributed by atoms with E-state index in [1.54, 1.807) is 0 Å². The Hall–Kier alpha value is -8.35. The van der Waals surface area contributed by atoms with E-state index in [-0.39, 0.29) is 32.9 Å². The predicted octanol–water partition coefficient (Wildman–Crippen LogP) is 21.6. The molecular formula is C82H80N6. The van der Waals surface area contributed by atoms with Crippen LogP contribution in [0.1, 0.15) is 152 Å². The zero-order valence-corrected chi connectivity index (χ0v) is 52.9. The van der Waals surface area contributed by atoms with Crippen LogP contribution in [0.3, 0.4) is 0 Å². The van der Waals surface area contributed by atoms with Gasteiger partial charge >= 0.3 is 0 Å². The highest BCUT2D eigenvalue weighted by Gasteiger charge is 2.60. The normalized spacial score (nSPS) is 26.1. The van der Waals surface area contributed by atoms with Gasteiger partial charge in [-0.3, -0.25) is 15.0 Å². The minimum absolute atomic E-state index is 0.0455. The Morgan fingerprint density at radius 2 is 0.614 bits per heavy atom. The number of anilines is 6. The Balaban J connectivity index is 0.940. The van der Waals surface area contributed by atoms with Crippen LogP contribution in [0.25, 0.3) is 76.8 Å². The van der Waals surface area contributed by atoms with Gasteiger partial charge in [0.1, 0.15) is 0 Å². The predicted molar refractivity (Wildman–Crippen MR) is 368 cm³/mol. The van der Waals surface area contributed by atoms with Crippen LogP contribution < -0.4 is 14.7 Å². The summed E-state index contributed by atoms with van der Waals surface area (Å²) in [5.74, 6) is 0. The third-order valence-corrected chi connectivity index (χ3v) is 24.6. The number of nitrogens with zero attached hydrogens (tertiary/aromatic N) is 6. The fourth-order valence-corrected chi connectivity index (χ4v) is 19.5. The second-order valence-electron chi connectivity index (χ2n) is 29.0. The van der Waals surface area contributed by atoms with Crippen molar-refractivity contribution in [3.63, 3.8) is 0 Å². The summed E-state index contributed by atoms with van der Waals surface area (Å²) in [6.07, 6.45) is 20.3. The Morgan fingerprint density at radius 3 is 0.932 bits per heavy atom. The van der Waals surface area contributed by atoms with Crippen LogP contribution in [0.15, 0.2) is 176 Å². The summed E-state index contributed by atoms with van der Waals surface area (Å²) in [5, 5.41) is 7.90. The van der Waals surface area contributed by atoms with Gasteiger partial charge in [-0.05, 0) is 259 Å². The molecule has 6 atom stereocenters. The van der Waals surface area contributed by atoms with Gasteiger partial charge in [-0.25, -0.2) is 0 Å². The monoisotopic (exact) mass is 1150 g/mol. The largest absolute Gasteiger partial charge is 0.334 e. The summed E-state index contributed by atoms with van der Waals surface area (Å²) in [4.78, 5) is 22.1. The lowest BCUT2D eigenvalue weighted by Crippen LogP contribution is -2.54. The highest BCUT2D eigenvalue weighted by Crippen LogP contribution is 2.65. The van der Waals surface area contributed by atoms with Crippen molar-refractivity contribution in [2.24, 2.45) is 0 Å². The first kappa shape index (κ1) is 53.9. The maximum absolute atomic E-state index is 4.69. The van der Waals surface area contributed by atoms with Gasteiger partial charge in [0, 0.05) is 86.0 Å². The fourth-order valence-electron chi connectivity index (χ4n) is 19.5. The maximum atomic E-state index is 4.69. The highest BCUT2D eigenvalue weighted by atomic mass is 15.3. The molecule has 6 heterocycles. The van der Waals surface area contributed by atoms with Crippen molar-refractivity contribution in [1.29, 1.82) is 0 Å². The van der Waals surface area contributed by atoms with Gasteiger partial charge in [0.25, 0.3) is 0 Å². The molecular weight excluding hydrogens is 1070 g/mol. The van der Waals surface area contributed by atoms with Crippen molar-refractivity contribution < 1.29 is 0 Å². The molecule has 0 saturated heterocycles. The van der Waals surface area contributed by atoms with Gasteiger partial charge < -0.3 is 14.7 Å². The number of pyridine rings is 3. The van der Waals surface area contributed by atoms with Crippen LogP contribution in [-0.4, -0.2) is 31.6 Å². The zero-order chi connectivity index (χ0) is 59.9. The number of hydrogen-bond donors (Lipinski definition) is 0. The molecule has 88 heavy (non-hydrogen) atoms. The van der Waals surface area contributed by atoms with Crippen molar-refractivity contribution in [3.05, 3.63) is 210 Å². The Bertz CT molecular complexity index is 4560. The van der Waals surface area contributed by atoms with Crippen LogP contribution >= 0.6 is 0 Å². The zero-order valence-electron chi connectivity index (χ0n) is 52.9. The molecule has 6 nitrogen and oxygen atoms in total. The van der Waals surface area contributed by atoms with Crippen molar-refractivity contribution in [1.82, 2.24) is 15.0 Å². The number of hydrogen-bond acceptors (Lipinski definition) is 6. The molecule has 3 aliphatic heterocycles. The van der Waals surface area contributed by atoms with Crippen molar-refractivity contribution >= 4 is 66.4 Å². The molecule has 8 aromatic carbocycles. The molecule has 6 heteroatoms. The third kappa shape index (κ3) is 7.15. The Morgan fingerprint density at radius 1 is 0.307 bits per heavy atom. The van der Waals surface area contributed by atoms with E-state index in [2.05, 4.69) is 250 Å². The molecule has 0 spiro atoms. The minimum Gasteiger partial charge on any atom is -0.334 e. The van der Waals surface area contributed by atoms with E-state index in [1.807, 2.05) is 18.6 Å². The minimum atomic E-state index is -0.0873. The quantitative estimate of drug-likeness (QED) is 0.148. The van der Waals surface area contributed by atoms with Gasteiger partial charge in [-0.2, -0.15) is 0 Å². The molecule has 0 radical (unpaired) electrons. The number of rotatable bonds is 7. The van der Waals surface area contributed by atoms with Crippen molar-refractivity contribution in [2.75, 3.05) is 14.7 Å². The van der Waals surface area contributed by atoms with E-state index in [0.29, 0.717) is 0 Å². The molecule has 3 fully saturated rings. The van der Waals surface area contributed by atoms with E-state index in [4.69, 9.17) is 0 Å². The smallest absolute Gasteiger partial charge is 0.0517 e. The average Bonchev–Trinajstić information content (AvgIpc) is 1.39. The van der Waals surface area contributed by atoms with Crippen LogP contribution in [0.5, 0.6) is 0 Å². The third-order valence-electron chi connectivity index (χ3n) is 24.6. The molecule has 11 aromatic rings. The molecule has 0 amide bonds. The van der Waals surface area contributed by atoms with Crippen LogP contribution in [0.2, 0.25) is 0 Å². The van der Waals surface area contributed by atoms with E-state index >= 15 is 0 Å². The summed E-state index contributed by atoms with van der Waals surface area (Å²) in [5.41, 5.74) is 25.1. The Kier molecular flexibility index (Phi) is 11.5. The lowest BCUT2D eigenvalue weighted by atomic mass is 9.61. The number of benzene rings is 8. The molecule has 438 valence electrons. The second kappa shape index (κ2) is 18.8. The summed E-state index contributed by atoms with van der Waals surface area (Å²) in [7, 11) is 0. The lowest BCUT2D eigenvalue weighted by molar-refractivity contribution is 0.195.